The molecule has 0 radical (unpaired) electrons. The first-order valence-corrected chi connectivity index (χ1v) is 9.39. The number of nitro benzene ring substituents is 1. The van der Waals surface area contributed by atoms with E-state index in [-0.39, 0.29) is 23.7 Å². The zero-order valence-electron chi connectivity index (χ0n) is 14.5. The topological polar surface area (TPSA) is 95.7 Å². The molecule has 2 aromatic rings. The third-order valence-electron chi connectivity index (χ3n) is 4.60. The number of hydrogen-bond donors (Lipinski definition) is 2. The first-order chi connectivity index (χ1) is 12.4. The SMILES string of the molecule is CC(O)(CNc1ccc([N+](=O)[O-])c(C(=O)N2CCCC2)c1)c1ccsc1. The van der Waals surface area contributed by atoms with E-state index in [4.69, 9.17) is 0 Å². The van der Waals surface area contributed by atoms with Gasteiger partial charge in [0.2, 0.25) is 0 Å². The average molecular weight is 375 g/mol. The van der Waals surface area contributed by atoms with Crippen LogP contribution in [0.15, 0.2) is 35.0 Å². The highest BCUT2D eigenvalue weighted by Gasteiger charge is 2.28. The standard InChI is InChI=1S/C18H21N3O4S/c1-18(23,13-6-9-26-11-13)12-19-14-4-5-16(21(24)25)15(10-14)17(22)20-7-2-3-8-20/h4-6,9-11,19,23H,2-3,7-8,12H2,1H3. The molecular formula is C18H21N3O4S. The summed E-state index contributed by atoms with van der Waals surface area (Å²) in [5, 5.41) is 28.7. The van der Waals surface area contributed by atoms with Crippen molar-refractivity contribution in [3.63, 3.8) is 0 Å². The Labute approximate surface area is 155 Å². The van der Waals surface area contributed by atoms with Gasteiger partial charge in [-0.15, -0.1) is 0 Å². The van der Waals surface area contributed by atoms with E-state index in [0.29, 0.717) is 18.8 Å². The summed E-state index contributed by atoms with van der Waals surface area (Å²) >= 11 is 1.50. The number of anilines is 1. The molecule has 2 heterocycles. The van der Waals surface area contributed by atoms with Crippen LogP contribution in [0.3, 0.4) is 0 Å². The van der Waals surface area contributed by atoms with Gasteiger partial charge in [0.1, 0.15) is 11.2 Å². The number of aliphatic hydroxyl groups is 1. The van der Waals surface area contributed by atoms with Gasteiger partial charge < -0.3 is 15.3 Å². The Bertz CT molecular complexity index is 799. The van der Waals surface area contributed by atoms with Gasteiger partial charge in [-0.1, -0.05) is 0 Å². The van der Waals surface area contributed by atoms with E-state index in [1.807, 2.05) is 16.8 Å². The van der Waals surface area contributed by atoms with Gasteiger partial charge in [-0.2, -0.15) is 11.3 Å². The minimum atomic E-state index is -1.08. The highest BCUT2D eigenvalue weighted by Crippen LogP contribution is 2.28. The van der Waals surface area contributed by atoms with Gasteiger partial charge in [-0.3, -0.25) is 14.9 Å². The summed E-state index contributed by atoms with van der Waals surface area (Å²) in [5.74, 6) is -0.317. The van der Waals surface area contributed by atoms with Gasteiger partial charge in [0, 0.05) is 31.4 Å². The number of nitrogens with zero attached hydrogens (tertiary/aromatic N) is 2. The zero-order chi connectivity index (χ0) is 18.7. The van der Waals surface area contributed by atoms with Crippen LogP contribution in [0.2, 0.25) is 0 Å². The molecule has 0 aliphatic carbocycles. The molecule has 138 valence electrons. The molecule has 26 heavy (non-hydrogen) atoms. The van der Waals surface area contributed by atoms with Gasteiger partial charge in [0.05, 0.1) is 4.92 Å². The van der Waals surface area contributed by atoms with Crippen molar-refractivity contribution >= 4 is 28.6 Å². The lowest BCUT2D eigenvalue weighted by molar-refractivity contribution is -0.385. The van der Waals surface area contributed by atoms with Crippen molar-refractivity contribution in [1.29, 1.82) is 0 Å². The molecule has 0 saturated carbocycles. The highest BCUT2D eigenvalue weighted by atomic mass is 32.1. The molecule has 3 rings (SSSR count). The van der Waals surface area contributed by atoms with Gasteiger partial charge >= 0.3 is 0 Å². The summed E-state index contributed by atoms with van der Waals surface area (Å²) in [4.78, 5) is 25.1. The molecule has 0 bridgehead atoms. The second-order valence-electron chi connectivity index (χ2n) is 6.63. The summed E-state index contributed by atoms with van der Waals surface area (Å²) in [6.07, 6.45) is 1.84. The number of amides is 1. The van der Waals surface area contributed by atoms with Gasteiger partial charge in [0.25, 0.3) is 11.6 Å². The van der Waals surface area contributed by atoms with E-state index in [1.54, 1.807) is 17.9 Å². The normalized spacial score (nSPS) is 16.3. The fourth-order valence-electron chi connectivity index (χ4n) is 3.01. The van der Waals surface area contributed by atoms with Crippen molar-refractivity contribution < 1.29 is 14.8 Å². The monoisotopic (exact) mass is 375 g/mol. The third kappa shape index (κ3) is 3.86. The van der Waals surface area contributed by atoms with Gasteiger partial charge in [-0.25, -0.2) is 0 Å². The van der Waals surface area contributed by atoms with Crippen molar-refractivity contribution in [1.82, 2.24) is 4.90 Å². The van der Waals surface area contributed by atoms with Crippen LogP contribution in [0.5, 0.6) is 0 Å². The Balaban J connectivity index is 1.81. The lowest BCUT2D eigenvalue weighted by Gasteiger charge is -2.23. The first-order valence-electron chi connectivity index (χ1n) is 8.45. The van der Waals surface area contributed by atoms with Crippen LogP contribution in [0.4, 0.5) is 11.4 Å². The number of thiophene rings is 1. The maximum absolute atomic E-state index is 12.7. The lowest BCUT2D eigenvalue weighted by atomic mass is 9.99. The Morgan fingerprint density at radius 2 is 2.12 bits per heavy atom. The summed E-state index contributed by atoms with van der Waals surface area (Å²) in [5.41, 5.74) is 0.161. The minimum absolute atomic E-state index is 0.0806. The minimum Gasteiger partial charge on any atom is -0.384 e. The largest absolute Gasteiger partial charge is 0.384 e. The molecule has 1 aromatic heterocycles. The molecule has 1 unspecified atom stereocenters. The number of rotatable bonds is 6. The molecule has 1 amide bonds. The Hall–Kier alpha value is -2.45. The first kappa shape index (κ1) is 18.3. The molecule has 1 atom stereocenters. The van der Waals surface area contributed by atoms with Crippen molar-refractivity contribution in [2.45, 2.75) is 25.4 Å². The van der Waals surface area contributed by atoms with E-state index >= 15 is 0 Å². The number of nitrogens with one attached hydrogen (secondary N) is 1. The van der Waals surface area contributed by atoms with Crippen LogP contribution in [0.1, 0.15) is 35.7 Å². The summed E-state index contributed by atoms with van der Waals surface area (Å²) in [6, 6.07) is 6.25. The Kier molecular flexibility index (Phi) is 5.24. The molecule has 1 saturated heterocycles. The van der Waals surface area contributed by atoms with E-state index in [2.05, 4.69) is 5.32 Å². The number of nitro groups is 1. The quantitative estimate of drug-likeness (QED) is 0.597. The number of hydrogen-bond acceptors (Lipinski definition) is 6. The van der Waals surface area contributed by atoms with Crippen LogP contribution in [0, 0.1) is 10.1 Å². The number of likely N-dealkylation sites (tertiary alicyclic amines) is 1. The fraction of sp³-hybridized carbons (Fsp3) is 0.389. The maximum atomic E-state index is 12.7. The van der Waals surface area contributed by atoms with Gasteiger partial charge in [0.15, 0.2) is 0 Å². The van der Waals surface area contributed by atoms with Crippen molar-refractivity contribution in [3.05, 3.63) is 56.3 Å². The van der Waals surface area contributed by atoms with Crippen molar-refractivity contribution in [3.8, 4) is 0 Å². The predicted molar refractivity (Wildman–Crippen MR) is 101 cm³/mol. The maximum Gasteiger partial charge on any atom is 0.282 e. The Morgan fingerprint density at radius 3 is 2.73 bits per heavy atom. The van der Waals surface area contributed by atoms with Crippen LogP contribution < -0.4 is 5.32 Å². The molecule has 2 N–H and O–H groups in total. The zero-order valence-corrected chi connectivity index (χ0v) is 15.3. The molecule has 1 aromatic carbocycles. The van der Waals surface area contributed by atoms with E-state index in [0.717, 1.165) is 18.4 Å². The molecule has 0 spiro atoms. The highest BCUT2D eigenvalue weighted by molar-refractivity contribution is 7.08. The van der Waals surface area contributed by atoms with E-state index in [9.17, 15) is 20.0 Å². The molecule has 1 aliphatic rings. The third-order valence-corrected chi connectivity index (χ3v) is 5.28. The molecule has 8 heteroatoms. The number of carbonyl (C=O) groups is 1. The van der Waals surface area contributed by atoms with Crippen LogP contribution in [0.25, 0.3) is 0 Å². The molecule has 1 fully saturated rings. The Morgan fingerprint density at radius 1 is 1.38 bits per heavy atom. The molecule has 1 aliphatic heterocycles. The van der Waals surface area contributed by atoms with Gasteiger partial charge in [-0.05, 0) is 54.3 Å². The second-order valence-corrected chi connectivity index (χ2v) is 7.41. The van der Waals surface area contributed by atoms with Crippen LogP contribution in [-0.2, 0) is 5.60 Å². The molecular weight excluding hydrogens is 354 g/mol. The summed E-state index contributed by atoms with van der Waals surface area (Å²) < 4.78 is 0. The predicted octanol–water partition coefficient (Wildman–Crippen LogP) is 3.21. The fourth-order valence-corrected chi connectivity index (χ4v) is 3.80. The lowest BCUT2D eigenvalue weighted by Crippen LogP contribution is -2.30. The van der Waals surface area contributed by atoms with Crippen LogP contribution in [-0.4, -0.2) is 40.5 Å². The van der Waals surface area contributed by atoms with Crippen molar-refractivity contribution in [2.75, 3.05) is 25.0 Å². The average Bonchev–Trinajstić information content (AvgIpc) is 3.32. The smallest absolute Gasteiger partial charge is 0.282 e. The van der Waals surface area contributed by atoms with Crippen LogP contribution >= 0.6 is 11.3 Å². The second kappa shape index (κ2) is 7.43. The van der Waals surface area contributed by atoms with E-state index < -0.39 is 10.5 Å². The summed E-state index contributed by atoms with van der Waals surface area (Å²) in [6.45, 7) is 3.17. The number of carbonyl (C=O) groups excluding carboxylic acids is 1. The van der Waals surface area contributed by atoms with Crippen molar-refractivity contribution in [2.24, 2.45) is 0 Å². The molecule has 7 nitrogen and oxygen atoms in total. The number of benzene rings is 1. The summed E-state index contributed by atoms with van der Waals surface area (Å²) in [7, 11) is 0. The van der Waals surface area contributed by atoms with E-state index in [1.165, 1.54) is 23.5 Å².